The summed E-state index contributed by atoms with van der Waals surface area (Å²) < 4.78 is 0. The van der Waals surface area contributed by atoms with Crippen LogP contribution in [0.1, 0.15) is 39.0 Å². The molecule has 3 unspecified atom stereocenters. The van der Waals surface area contributed by atoms with E-state index < -0.39 is 0 Å². The maximum atomic E-state index is 12.6. The first-order valence-electron chi connectivity index (χ1n) is 7.93. The van der Waals surface area contributed by atoms with Gasteiger partial charge in [-0.1, -0.05) is 31.5 Å². The Morgan fingerprint density at radius 2 is 1.81 bits per heavy atom. The summed E-state index contributed by atoms with van der Waals surface area (Å²) >= 11 is 0. The number of benzene rings is 1. The number of hydrogen-bond acceptors (Lipinski definition) is 2. The quantitative estimate of drug-likeness (QED) is 0.856. The first-order chi connectivity index (χ1) is 10.2. The minimum atomic E-state index is -0.233. The Bertz CT molecular complexity index is 529. The second kappa shape index (κ2) is 5.98. The SMILES string of the molecule is CC1CCCCC1[NH2+]C1CC(=O)N(c2ccccc2)C1=O. The van der Waals surface area contributed by atoms with E-state index in [1.807, 2.05) is 30.3 Å². The summed E-state index contributed by atoms with van der Waals surface area (Å²) in [7, 11) is 0. The molecule has 4 heteroatoms. The number of carbonyl (C=O) groups excluding carboxylic acids is 2. The predicted molar refractivity (Wildman–Crippen MR) is 80.7 cm³/mol. The van der Waals surface area contributed by atoms with Gasteiger partial charge in [0.05, 0.1) is 18.2 Å². The van der Waals surface area contributed by atoms with Gasteiger partial charge in [-0.25, -0.2) is 4.90 Å². The minimum absolute atomic E-state index is 0.0519. The van der Waals surface area contributed by atoms with Crippen LogP contribution in [0.4, 0.5) is 5.69 Å². The average Bonchev–Trinajstić information content (AvgIpc) is 2.77. The van der Waals surface area contributed by atoms with E-state index in [9.17, 15) is 9.59 Å². The highest BCUT2D eigenvalue weighted by Crippen LogP contribution is 2.24. The zero-order valence-electron chi connectivity index (χ0n) is 12.5. The highest BCUT2D eigenvalue weighted by Gasteiger charge is 2.44. The molecule has 2 N–H and O–H groups in total. The lowest BCUT2D eigenvalue weighted by atomic mass is 9.85. The third kappa shape index (κ3) is 2.86. The monoisotopic (exact) mass is 287 g/mol. The van der Waals surface area contributed by atoms with Crippen molar-refractivity contribution in [2.45, 2.75) is 51.1 Å². The van der Waals surface area contributed by atoms with Gasteiger partial charge in [0, 0.05) is 5.92 Å². The zero-order valence-corrected chi connectivity index (χ0v) is 12.5. The molecule has 3 rings (SSSR count). The van der Waals surface area contributed by atoms with Crippen LogP contribution in [-0.2, 0) is 9.59 Å². The highest BCUT2D eigenvalue weighted by atomic mass is 16.2. The molecule has 0 bridgehead atoms. The molecular weight excluding hydrogens is 264 g/mol. The van der Waals surface area contributed by atoms with E-state index in [2.05, 4.69) is 12.2 Å². The van der Waals surface area contributed by atoms with E-state index in [-0.39, 0.29) is 17.9 Å². The van der Waals surface area contributed by atoms with Crippen LogP contribution in [0.2, 0.25) is 0 Å². The van der Waals surface area contributed by atoms with E-state index in [1.54, 1.807) is 0 Å². The lowest BCUT2D eigenvalue weighted by Gasteiger charge is -2.28. The van der Waals surface area contributed by atoms with E-state index in [0.29, 0.717) is 24.1 Å². The van der Waals surface area contributed by atoms with Gasteiger partial charge in [-0.2, -0.15) is 0 Å². The summed E-state index contributed by atoms with van der Waals surface area (Å²) in [6, 6.07) is 9.50. The summed E-state index contributed by atoms with van der Waals surface area (Å²) in [6.45, 7) is 2.26. The molecule has 2 amide bonds. The van der Waals surface area contributed by atoms with Crippen LogP contribution in [0.25, 0.3) is 0 Å². The van der Waals surface area contributed by atoms with E-state index >= 15 is 0 Å². The van der Waals surface area contributed by atoms with Gasteiger partial charge in [0.15, 0.2) is 6.04 Å². The smallest absolute Gasteiger partial charge is 0.292 e. The molecule has 1 heterocycles. The molecule has 112 valence electrons. The summed E-state index contributed by atoms with van der Waals surface area (Å²) in [5, 5.41) is 2.16. The van der Waals surface area contributed by atoms with Crippen LogP contribution < -0.4 is 10.2 Å². The van der Waals surface area contributed by atoms with Crippen LogP contribution in [0.15, 0.2) is 30.3 Å². The molecular formula is C17H23N2O2+. The normalized spacial score (nSPS) is 30.0. The lowest BCUT2D eigenvalue weighted by molar-refractivity contribution is -0.715. The molecule has 1 aliphatic carbocycles. The number of imide groups is 1. The molecule has 1 saturated carbocycles. The number of hydrogen-bond donors (Lipinski definition) is 1. The van der Waals surface area contributed by atoms with Gasteiger partial charge in [0.2, 0.25) is 5.91 Å². The summed E-state index contributed by atoms with van der Waals surface area (Å²) in [6.07, 6.45) is 5.25. The number of anilines is 1. The molecule has 2 aliphatic rings. The van der Waals surface area contributed by atoms with Crippen molar-refractivity contribution in [2.75, 3.05) is 4.90 Å². The van der Waals surface area contributed by atoms with Crippen molar-refractivity contribution in [3.63, 3.8) is 0 Å². The van der Waals surface area contributed by atoms with Gasteiger partial charge in [-0.3, -0.25) is 9.59 Å². The fourth-order valence-electron chi connectivity index (χ4n) is 3.58. The first kappa shape index (κ1) is 14.3. The molecule has 1 aliphatic heterocycles. The minimum Gasteiger partial charge on any atom is -0.333 e. The van der Waals surface area contributed by atoms with Crippen molar-refractivity contribution in [2.24, 2.45) is 5.92 Å². The summed E-state index contributed by atoms with van der Waals surface area (Å²) in [5.74, 6) is 0.507. The highest BCUT2D eigenvalue weighted by molar-refractivity contribution is 6.21. The molecule has 21 heavy (non-hydrogen) atoms. The van der Waals surface area contributed by atoms with Gasteiger partial charge < -0.3 is 5.32 Å². The zero-order chi connectivity index (χ0) is 14.8. The molecule has 3 atom stereocenters. The van der Waals surface area contributed by atoms with Crippen LogP contribution in [0.5, 0.6) is 0 Å². The Kier molecular flexibility index (Phi) is 4.06. The Morgan fingerprint density at radius 3 is 2.52 bits per heavy atom. The topological polar surface area (TPSA) is 54.0 Å². The fraction of sp³-hybridized carbons (Fsp3) is 0.529. The molecule has 1 aromatic carbocycles. The third-order valence-electron chi connectivity index (χ3n) is 4.85. The lowest BCUT2D eigenvalue weighted by Crippen LogP contribution is -2.97. The van der Waals surface area contributed by atoms with Crippen LogP contribution in [0.3, 0.4) is 0 Å². The number of nitrogens with two attached hydrogens (primary N) is 1. The first-order valence-corrected chi connectivity index (χ1v) is 7.93. The molecule has 4 nitrogen and oxygen atoms in total. The standard InChI is InChI=1S/C17H22N2O2/c1-12-7-5-6-10-14(12)18-15-11-16(20)19(17(15)21)13-8-3-2-4-9-13/h2-4,8-9,12,14-15,18H,5-7,10-11H2,1H3/p+1. The molecule has 1 aromatic rings. The third-order valence-corrected chi connectivity index (χ3v) is 4.85. The van der Waals surface area contributed by atoms with Gasteiger partial charge in [-0.15, -0.1) is 0 Å². The largest absolute Gasteiger partial charge is 0.333 e. The van der Waals surface area contributed by atoms with Crippen LogP contribution >= 0.6 is 0 Å². The second-order valence-corrected chi connectivity index (χ2v) is 6.33. The number of para-hydroxylation sites is 1. The maximum absolute atomic E-state index is 12.6. The van der Waals surface area contributed by atoms with Crippen molar-refractivity contribution >= 4 is 17.5 Å². The van der Waals surface area contributed by atoms with Crippen LogP contribution in [-0.4, -0.2) is 23.9 Å². The molecule has 0 spiro atoms. The Balaban J connectivity index is 1.71. The van der Waals surface area contributed by atoms with E-state index in [4.69, 9.17) is 0 Å². The Morgan fingerprint density at radius 1 is 1.10 bits per heavy atom. The number of rotatable bonds is 3. The van der Waals surface area contributed by atoms with Gasteiger partial charge in [0.1, 0.15) is 0 Å². The summed E-state index contributed by atoms with van der Waals surface area (Å²) in [4.78, 5) is 26.1. The van der Waals surface area contributed by atoms with E-state index in [0.717, 1.165) is 6.42 Å². The molecule has 0 radical (unpaired) electrons. The van der Waals surface area contributed by atoms with Gasteiger partial charge in [-0.05, 0) is 31.4 Å². The van der Waals surface area contributed by atoms with Crippen molar-refractivity contribution in [1.29, 1.82) is 0 Å². The van der Waals surface area contributed by atoms with Gasteiger partial charge in [0.25, 0.3) is 5.91 Å². The van der Waals surface area contributed by atoms with Crippen molar-refractivity contribution in [3.8, 4) is 0 Å². The Hall–Kier alpha value is -1.68. The number of carbonyl (C=O) groups is 2. The van der Waals surface area contributed by atoms with Gasteiger partial charge >= 0.3 is 0 Å². The van der Waals surface area contributed by atoms with E-state index in [1.165, 1.54) is 24.2 Å². The summed E-state index contributed by atoms with van der Waals surface area (Å²) in [5.41, 5.74) is 0.695. The average molecular weight is 287 g/mol. The van der Waals surface area contributed by atoms with Crippen LogP contribution in [0, 0.1) is 5.92 Å². The molecule has 1 saturated heterocycles. The molecule has 2 fully saturated rings. The van der Waals surface area contributed by atoms with Crippen molar-refractivity contribution in [3.05, 3.63) is 30.3 Å². The second-order valence-electron chi connectivity index (χ2n) is 6.33. The number of amides is 2. The number of nitrogens with zero attached hydrogens (tertiary/aromatic N) is 1. The van der Waals surface area contributed by atoms with Crippen molar-refractivity contribution < 1.29 is 14.9 Å². The fourth-order valence-corrected chi connectivity index (χ4v) is 3.58. The maximum Gasteiger partial charge on any atom is 0.292 e. The Labute approximate surface area is 125 Å². The molecule has 0 aromatic heterocycles. The predicted octanol–water partition coefficient (Wildman–Crippen LogP) is 1.46. The number of quaternary nitrogens is 1. The van der Waals surface area contributed by atoms with Crippen molar-refractivity contribution in [1.82, 2.24) is 0 Å².